The molecule has 1 aliphatic carbocycles. The van der Waals surface area contributed by atoms with Crippen molar-refractivity contribution in [2.75, 3.05) is 26.2 Å². The molecule has 2 saturated heterocycles. The van der Waals surface area contributed by atoms with E-state index in [2.05, 4.69) is 11.8 Å². The van der Waals surface area contributed by atoms with E-state index in [0.29, 0.717) is 24.7 Å². The van der Waals surface area contributed by atoms with Gasteiger partial charge in [-0.3, -0.25) is 9.59 Å². The lowest BCUT2D eigenvalue weighted by molar-refractivity contribution is -0.173. The Bertz CT molecular complexity index is 408. The van der Waals surface area contributed by atoms with Gasteiger partial charge < -0.3 is 9.64 Å². The highest BCUT2D eigenvalue weighted by Gasteiger charge is 2.60. The van der Waals surface area contributed by atoms with E-state index >= 15 is 0 Å². The van der Waals surface area contributed by atoms with Crippen molar-refractivity contribution in [1.82, 2.24) is 4.90 Å². The predicted molar refractivity (Wildman–Crippen MR) is 70.5 cm³/mol. The molecule has 4 nitrogen and oxygen atoms in total. The third-order valence-electron chi connectivity index (χ3n) is 5.36. The fourth-order valence-corrected chi connectivity index (χ4v) is 4.80. The quantitative estimate of drug-likeness (QED) is 0.710. The van der Waals surface area contributed by atoms with E-state index in [1.165, 1.54) is 0 Å². The Kier molecular flexibility index (Phi) is 3.16. The predicted octanol–water partition coefficient (Wildman–Crippen LogP) is 1.49. The highest BCUT2D eigenvalue weighted by molar-refractivity contribution is 5.87. The number of hydrogen-bond acceptors (Lipinski definition) is 4. The van der Waals surface area contributed by atoms with Gasteiger partial charge >= 0.3 is 5.97 Å². The van der Waals surface area contributed by atoms with Crippen molar-refractivity contribution >= 4 is 11.8 Å². The number of carbonyl (C=O) groups excluding carboxylic acids is 2. The summed E-state index contributed by atoms with van der Waals surface area (Å²) in [5.74, 6) is 0.889. The Morgan fingerprint density at radius 1 is 1.53 bits per heavy atom. The summed E-state index contributed by atoms with van der Waals surface area (Å²) >= 11 is 0. The van der Waals surface area contributed by atoms with Crippen LogP contribution < -0.4 is 0 Å². The number of ether oxygens (including phenoxy) is 1. The zero-order valence-electron chi connectivity index (χ0n) is 11.9. The van der Waals surface area contributed by atoms with Crippen LogP contribution in [-0.4, -0.2) is 42.9 Å². The summed E-state index contributed by atoms with van der Waals surface area (Å²) < 4.78 is 5.37. The number of Topliss-reactive ketones (excluding diaryl/α,β-unsaturated/α-hetero) is 1. The van der Waals surface area contributed by atoms with Crippen LogP contribution in [0.5, 0.6) is 0 Å². The van der Waals surface area contributed by atoms with E-state index in [9.17, 15) is 9.59 Å². The van der Waals surface area contributed by atoms with Crippen LogP contribution in [0.15, 0.2) is 0 Å². The van der Waals surface area contributed by atoms with Crippen molar-refractivity contribution in [3.63, 3.8) is 0 Å². The number of ketones is 1. The second-order valence-electron chi connectivity index (χ2n) is 6.50. The summed E-state index contributed by atoms with van der Waals surface area (Å²) in [6, 6.07) is 0. The molecule has 106 valence electrons. The summed E-state index contributed by atoms with van der Waals surface area (Å²) in [5, 5.41) is 0. The largest absolute Gasteiger partial charge is 0.466 e. The van der Waals surface area contributed by atoms with Gasteiger partial charge in [0, 0.05) is 25.4 Å². The molecule has 3 fully saturated rings. The van der Waals surface area contributed by atoms with Gasteiger partial charge in [-0.15, -0.1) is 0 Å². The van der Waals surface area contributed by atoms with Crippen LogP contribution in [0.25, 0.3) is 0 Å². The fourth-order valence-electron chi connectivity index (χ4n) is 4.80. The molecule has 0 N–H and O–H groups in total. The first-order chi connectivity index (χ1) is 9.08. The molecule has 4 heteroatoms. The van der Waals surface area contributed by atoms with Crippen LogP contribution in [0.2, 0.25) is 0 Å². The summed E-state index contributed by atoms with van der Waals surface area (Å²) in [6.45, 7) is 7.10. The van der Waals surface area contributed by atoms with Gasteiger partial charge in [-0.2, -0.15) is 0 Å². The molecule has 2 aliphatic heterocycles. The second kappa shape index (κ2) is 4.58. The van der Waals surface area contributed by atoms with Crippen LogP contribution in [-0.2, 0) is 14.3 Å². The van der Waals surface area contributed by atoms with Crippen molar-refractivity contribution in [2.24, 2.45) is 23.2 Å². The first kappa shape index (κ1) is 13.1. The average molecular weight is 265 g/mol. The average Bonchev–Trinajstić information content (AvgIpc) is 2.65. The molecule has 0 aromatic carbocycles. The standard InChI is InChI=1S/C15H23NO3/c1-3-19-14(18)15-5-4-6-16(9-15)8-11-12(17)7-10(2)13(11)15/h10-11,13H,3-9H2,1-2H3/t10-,11+,13-,15+/m1/s1. The minimum absolute atomic E-state index is 0.0593. The Hall–Kier alpha value is -0.900. The summed E-state index contributed by atoms with van der Waals surface area (Å²) in [7, 11) is 0. The van der Waals surface area contributed by atoms with E-state index in [0.717, 1.165) is 32.5 Å². The highest BCUT2D eigenvalue weighted by Crippen LogP contribution is 2.54. The van der Waals surface area contributed by atoms with Gasteiger partial charge in [-0.1, -0.05) is 6.92 Å². The number of carbonyl (C=O) groups is 2. The highest BCUT2D eigenvalue weighted by atomic mass is 16.5. The second-order valence-corrected chi connectivity index (χ2v) is 6.50. The summed E-state index contributed by atoms with van der Waals surface area (Å²) in [5.41, 5.74) is -0.414. The van der Waals surface area contributed by atoms with Crippen molar-refractivity contribution in [1.29, 1.82) is 0 Å². The normalized spacial score (nSPS) is 44.8. The third-order valence-corrected chi connectivity index (χ3v) is 5.36. The van der Waals surface area contributed by atoms with Crippen molar-refractivity contribution in [3.8, 4) is 0 Å². The van der Waals surface area contributed by atoms with Crippen molar-refractivity contribution in [2.45, 2.75) is 33.1 Å². The van der Waals surface area contributed by atoms with Gasteiger partial charge in [0.1, 0.15) is 5.78 Å². The molecule has 0 amide bonds. The molecule has 0 aromatic rings. The molecule has 1 unspecified atom stereocenters. The molecule has 3 aliphatic rings. The SMILES string of the molecule is CCOC(=O)[C@]12CCCN(C[C@H]3C(=O)C[C@@H](C)[C@H]31)C2. The van der Waals surface area contributed by atoms with Gasteiger partial charge in [-0.25, -0.2) is 0 Å². The first-order valence-electron chi connectivity index (χ1n) is 7.51. The number of fused-ring (bicyclic) bond motifs is 4. The lowest BCUT2D eigenvalue weighted by atomic mass is 9.61. The minimum atomic E-state index is -0.414. The monoisotopic (exact) mass is 265 g/mol. The van der Waals surface area contributed by atoms with E-state index in [4.69, 9.17) is 4.74 Å². The summed E-state index contributed by atoms with van der Waals surface area (Å²) in [4.78, 5) is 27.1. The fraction of sp³-hybridized carbons (Fsp3) is 0.867. The third kappa shape index (κ3) is 1.83. The van der Waals surface area contributed by atoms with Crippen LogP contribution in [0.1, 0.15) is 33.1 Å². The Balaban J connectivity index is 1.98. The molecule has 19 heavy (non-hydrogen) atoms. The number of esters is 1. The van der Waals surface area contributed by atoms with Gasteiger partial charge in [0.05, 0.1) is 12.0 Å². The molecule has 0 radical (unpaired) electrons. The van der Waals surface area contributed by atoms with Crippen LogP contribution >= 0.6 is 0 Å². The topological polar surface area (TPSA) is 46.6 Å². The van der Waals surface area contributed by atoms with E-state index < -0.39 is 5.41 Å². The molecule has 5 atom stereocenters. The van der Waals surface area contributed by atoms with E-state index in [1.807, 2.05) is 6.92 Å². The molecular formula is C15H23NO3. The van der Waals surface area contributed by atoms with E-state index in [1.54, 1.807) is 0 Å². The molecule has 3 rings (SSSR count). The van der Waals surface area contributed by atoms with Gasteiger partial charge in [0.15, 0.2) is 0 Å². The van der Waals surface area contributed by atoms with Gasteiger partial charge in [-0.05, 0) is 38.1 Å². The van der Waals surface area contributed by atoms with Gasteiger partial charge in [0.25, 0.3) is 0 Å². The van der Waals surface area contributed by atoms with E-state index in [-0.39, 0.29) is 17.8 Å². The minimum Gasteiger partial charge on any atom is -0.466 e. The maximum atomic E-state index is 12.6. The molecule has 0 aromatic heterocycles. The molecule has 1 saturated carbocycles. The molecular weight excluding hydrogens is 242 g/mol. The maximum absolute atomic E-state index is 12.6. The zero-order valence-corrected chi connectivity index (χ0v) is 11.9. The number of piperidine rings is 2. The maximum Gasteiger partial charge on any atom is 0.313 e. The number of nitrogens with zero attached hydrogens (tertiary/aromatic N) is 1. The van der Waals surface area contributed by atoms with Crippen LogP contribution in [0.4, 0.5) is 0 Å². The number of rotatable bonds is 2. The van der Waals surface area contributed by atoms with Crippen molar-refractivity contribution in [3.05, 3.63) is 0 Å². The van der Waals surface area contributed by atoms with Crippen LogP contribution in [0.3, 0.4) is 0 Å². The lowest BCUT2D eigenvalue weighted by Crippen LogP contribution is -2.60. The Morgan fingerprint density at radius 2 is 2.32 bits per heavy atom. The zero-order chi connectivity index (χ0) is 13.6. The Labute approximate surface area is 114 Å². The molecule has 0 spiro atoms. The smallest absolute Gasteiger partial charge is 0.313 e. The van der Waals surface area contributed by atoms with Gasteiger partial charge in [0.2, 0.25) is 0 Å². The van der Waals surface area contributed by atoms with Crippen LogP contribution in [0, 0.1) is 23.2 Å². The lowest BCUT2D eigenvalue weighted by Gasteiger charge is -2.52. The summed E-state index contributed by atoms with van der Waals surface area (Å²) in [6.07, 6.45) is 2.58. The molecule has 2 heterocycles. The van der Waals surface area contributed by atoms with Crippen molar-refractivity contribution < 1.29 is 14.3 Å². The number of hydrogen-bond donors (Lipinski definition) is 0. The molecule has 2 bridgehead atoms. The Morgan fingerprint density at radius 3 is 3.05 bits per heavy atom. The first-order valence-corrected chi connectivity index (χ1v) is 7.51.